The van der Waals surface area contributed by atoms with Crippen LogP contribution in [0.2, 0.25) is 0 Å². The maximum atomic E-state index is 12.6. The molecule has 0 saturated carbocycles. The number of imidazole rings is 1. The fourth-order valence-corrected chi connectivity index (χ4v) is 2.88. The van der Waals surface area contributed by atoms with Gasteiger partial charge in [-0.3, -0.25) is 9.13 Å². The normalized spacial score (nSPS) is 12.3. The number of fused-ring (bicyclic) bond motifs is 1. The van der Waals surface area contributed by atoms with Gasteiger partial charge in [-0.1, -0.05) is 12.1 Å². The molecule has 0 spiro atoms. The van der Waals surface area contributed by atoms with E-state index in [1.165, 1.54) is 0 Å². The van der Waals surface area contributed by atoms with Crippen LogP contribution in [0.15, 0.2) is 53.3 Å². The van der Waals surface area contributed by atoms with Gasteiger partial charge >= 0.3 is 5.69 Å². The Kier molecular flexibility index (Phi) is 5.09. The van der Waals surface area contributed by atoms with Crippen molar-refractivity contribution in [2.24, 2.45) is 0 Å². The Bertz CT molecular complexity index is 896. The average Bonchev–Trinajstić information content (AvgIpc) is 2.91. The van der Waals surface area contributed by atoms with Crippen LogP contribution in [-0.4, -0.2) is 34.1 Å². The molecule has 6 nitrogen and oxygen atoms in total. The van der Waals surface area contributed by atoms with Crippen molar-refractivity contribution in [1.29, 1.82) is 0 Å². The number of aliphatic hydroxyl groups is 1. The third-order valence-corrected chi connectivity index (χ3v) is 4.14. The third-order valence-electron chi connectivity index (χ3n) is 4.14. The maximum Gasteiger partial charge on any atom is 0.329 e. The lowest BCUT2D eigenvalue weighted by molar-refractivity contribution is 0.0924. The molecule has 25 heavy (non-hydrogen) atoms. The summed E-state index contributed by atoms with van der Waals surface area (Å²) in [6.45, 7) is 2.80. The summed E-state index contributed by atoms with van der Waals surface area (Å²) in [5, 5.41) is 10.3. The molecule has 6 heteroatoms. The van der Waals surface area contributed by atoms with Crippen molar-refractivity contribution in [3.63, 3.8) is 0 Å². The fourth-order valence-electron chi connectivity index (χ4n) is 2.88. The van der Waals surface area contributed by atoms with Crippen LogP contribution in [0.25, 0.3) is 11.0 Å². The van der Waals surface area contributed by atoms with Gasteiger partial charge in [-0.05, 0) is 43.3 Å². The number of methoxy groups -OCH3 is 1. The number of hydrogen-bond donors (Lipinski definition) is 1. The van der Waals surface area contributed by atoms with E-state index in [1.807, 2.05) is 31.2 Å². The Morgan fingerprint density at radius 1 is 1.00 bits per heavy atom. The molecule has 1 N–H and O–H groups in total. The number of ether oxygens (including phenoxy) is 2. The minimum absolute atomic E-state index is 0.102. The number of rotatable bonds is 7. The van der Waals surface area contributed by atoms with E-state index in [1.54, 1.807) is 40.5 Å². The maximum absolute atomic E-state index is 12.6. The fraction of sp³-hybridized carbons (Fsp3) is 0.316. The van der Waals surface area contributed by atoms with E-state index >= 15 is 0 Å². The van der Waals surface area contributed by atoms with Gasteiger partial charge in [-0.2, -0.15) is 0 Å². The van der Waals surface area contributed by atoms with Crippen molar-refractivity contribution in [3.05, 3.63) is 59.0 Å². The molecule has 2 aromatic carbocycles. The lowest BCUT2D eigenvalue weighted by Crippen LogP contribution is -2.31. The molecule has 1 aromatic heterocycles. The molecule has 0 aliphatic heterocycles. The highest BCUT2D eigenvalue weighted by Crippen LogP contribution is 2.17. The van der Waals surface area contributed by atoms with E-state index in [0.717, 1.165) is 16.8 Å². The molecule has 1 heterocycles. The van der Waals surface area contributed by atoms with Crippen molar-refractivity contribution < 1.29 is 14.6 Å². The minimum atomic E-state index is -0.795. The van der Waals surface area contributed by atoms with Crippen molar-refractivity contribution in [2.75, 3.05) is 13.7 Å². The number of aryl methyl sites for hydroxylation is 1. The first-order valence-corrected chi connectivity index (χ1v) is 8.27. The van der Waals surface area contributed by atoms with E-state index < -0.39 is 6.10 Å². The van der Waals surface area contributed by atoms with Crippen LogP contribution in [0.1, 0.15) is 6.92 Å². The van der Waals surface area contributed by atoms with Gasteiger partial charge in [0.15, 0.2) is 0 Å². The van der Waals surface area contributed by atoms with E-state index in [2.05, 4.69) is 0 Å². The van der Waals surface area contributed by atoms with Gasteiger partial charge < -0.3 is 14.6 Å². The van der Waals surface area contributed by atoms with Crippen molar-refractivity contribution in [2.45, 2.75) is 26.1 Å². The molecule has 132 valence electrons. The summed E-state index contributed by atoms with van der Waals surface area (Å²) in [7, 11) is 1.60. The molecule has 0 amide bonds. The number of aromatic nitrogens is 2. The zero-order chi connectivity index (χ0) is 17.8. The molecule has 3 rings (SSSR count). The van der Waals surface area contributed by atoms with Gasteiger partial charge in [0.1, 0.15) is 24.2 Å². The highest BCUT2D eigenvalue weighted by atomic mass is 16.5. The first kappa shape index (κ1) is 17.1. The van der Waals surface area contributed by atoms with Crippen LogP contribution in [0, 0.1) is 0 Å². The van der Waals surface area contributed by atoms with Crippen LogP contribution in [0.4, 0.5) is 0 Å². The van der Waals surface area contributed by atoms with E-state index in [4.69, 9.17) is 9.47 Å². The van der Waals surface area contributed by atoms with E-state index in [-0.39, 0.29) is 18.8 Å². The SMILES string of the molecule is CCn1c(=O)n(CC(O)COc2ccc(OC)cc2)c2ccccc21. The lowest BCUT2D eigenvalue weighted by atomic mass is 10.3. The molecule has 0 radical (unpaired) electrons. The molecule has 0 saturated heterocycles. The second kappa shape index (κ2) is 7.44. The second-order valence-corrected chi connectivity index (χ2v) is 5.77. The van der Waals surface area contributed by atoms with Crippen LogP contribution in [-0.2, 0) is 13.1 Å². The van der Waals surface area contributed by atoms with Crippen molar-refractivity contribution in [1.82, 2.24) is 9.13 Å². The molecule has 3 aromatic rings. The standard InChI is InChI=1S/C19H22N2O4/c1-3-20-17-6-4-5-7-18(17)21(19(20)23)12-14(22)13-25-16-10-8-15(24-2)9-11-16/h4-11,14,22H,3,12-13H2,1-2H3. The molecular weight excluding hydrogens is 320 g/mol. The molecule has 1 atom stereocenters. The minimum Gasteiger partial charge on any atom is -0.497 e. The second-order valence-electron chi connectivity index (χ2n) is 5.77. The van der Waals surface area contributed by atoms with Crippen LogP contribution < -0.4 is 15.2 Å². The quantitative estimate of drug-likeness (QED) is 0.715. The summed E-state index contributed by atoms with van der Waals surface area (Å²) >= 11 is 0. The van der Waals surface area contributed by atoms with Gasteiger partial charge in [-0.15, -0.1) is 0 Å². The Labute approximate surface area is 145 Å². The van der Waals surface area contributed by atoms with Gasteiger partial charge in [0, 0.05) is 6.54 Å². The van der Waals surface area contributed by atoms with E-state index in [0.29, 0.717) is 12.3 Å². The first-order valence-electron chi connectivity index (χ1n) is 8.27. The van der Waals surface area contributed by atoms with Gasteiger partial charge in [0.25, 0.3) is 0 Å². The smallest absolute Gasteiger partial charge is 0.329 e. The summed E-state index contributed by atoms with van der Waals surface area (Å²) in [6.07, 6.45) is -0.795. The summed E-state index contributed by atoms with van der Waals surface area (Å²) in [5.41, 5.74) is 1.57. The highest BCUT2D eigenvalue weighted by molar-refractivity contribution is 5.75. The van der Waals surface area contributed by atoms with Gasteiger partial charge in [-0.25, -0.2) is 4.79 Å². The Morgan fingerprint density at radius 3 is 2.20 bits per heavy atom. The largest absolute Gasteiger partial charge is 0.497 e. The lowest BCUT2D eigenvalue weighted by Gasteiger charge is -2.13. The molecule has 0 fully saturated rings. The zero-order valence-corrected chi connectivity index (χ0v) is 14.4. The Balaban J connectivity index is 1.72. The highest BCUT2D eigenvalue weighted by Gasteiger charge is 2.15. The molecule has 0 bridgehead atoms. The third kappa shape index (κ3) is 3.53. The number of para-hydroxylation sites is 2. The van der Waals surface area contributed by atoms with Gasteiger partial charge in [0.2, 0.25) is 0 Å². The molecule has 0 aliphatic rings. The molecule has 1 unspecified atom stereocenters. The molecule has 0 aliphatic carbocycles. The van der Waals surface area contributed by atoms with Crippen molar-refractivity contribution in [3.8, 4) is 11.5 Å². The topological polar surface area (TPSA) is 65.6 Å². The number of benzene rings is 2. The first-order chi connectivity index (χ1) is 12.1. The Morgan fingerprint density at radius 2 is 1.60 bits per heavy atom. The average molecular weight is 342 g/mol. The van der Waals surface area contributed by atoms with Gasteiger partial charge in [0.05, 0.1) is 24.7 Å². The molecular formula is C19H22N2O4. The summed E-state index contributed by atoms with van der Waals surface area (Å²) in [5.74, 6) is 1.38. The number of hydrogen-bond acceptors (Lipinski definition) is 4. The zero-order valence-electron chi connectivity index (χ0n) is 14.4. The Hall–Kier alpha value is -2.73. The summed E-state index contributed by atoms with van der Waals surface area (Å²) in [4.78, 5) is 12.6. The number of nitrogens with zero attached hydrogens (tertiary/aromatic N) is 2. The van der Waals surface area contributed by atoms with E-state index in [9.17, 15) is 9.90 Å². The van der Waals surface area contributed by atoms with Crippen LogP contribution in [0.3, 0.4) is 0 Å². The van der Waals surface area contributed by atoms with Crippen LogP contribution >= 0.6 is 0 Å². The van der Waals surface area contributed by atoms with Crippen molar-refractivity contribution >= 4 is 11.0 Å². The number of aliphatic hydroxyl groups excluding tert-OH is 1. The monoisotopic (exact) mass is 342 g/mol. The summed E-state index contributed by atoms with van der Waals surface area (Å²) < 4.78 is 14.0. The predicted octanol–water partition coefficient (Wildman–Crippen LogP) is 2.27. The predicted molar refractivity (Wildman–Crippen MR) is 96.4 cm³/mol. The van der Waals surface area contributed by atoms with Crippen LogP contribution in [0.5, 0.6) is 11.5 Å². The summed E-state index contributed by atoms with van der Waals surface area (Å²) in [6, 6.07) is 14.7.